The number of fused-ring (bicyclic) bond motifs is 1. The van der Waals surface area contributed by atoms with Gasteiger partial charge >= 0.3 is 5.63 Å². The Morgan fingerprint density at radius 1 is 1.48 bits per heavy atom. The fraction of sp³-hybridized carbons (Fsp3) is 0.133. The van der Waals surface area contributed by atoms with E-state index in [1.807, 2.05) is 6.07 Å². The van der Waals surface area contributed by atoms with E-state index >= 15 is 0 Å². The van der Waals surface area contributed by atoms with Gasteiger partial charge in [-0.3, -0.25) is 4.98 Å². The molecule has 2 aromatic heterocycles. The minimum atomic E-state index is -0.635. The van der Waals surface area contributed by atoms with Crippen molar-refractivity contribution >= 4 is 0 Å². The van der Waals surface area contributed by atoms with Crippen LogP contribution in [0.2, 0.25) is 0 Å². The van der Waals surface area contributed by atoms with Crippen molar-refractivity contribution in [2.75, 3.05) is 0 Å². The second-order valence-electron chi connectivity index (χ2n) is 4.63. The first-order valence-corrected chi connectivity index (χ1v) is 6.24. The van der Waals surface area contributed by atoms with E-state index in [2.05, 4.69) is 4.98 Å². The topological polar surface area (TPSA) is 102 Å². The molecule has 0 amide bonds. The van der Waals surface area contributed by atoms with Crippen LogP contribution in [0.5, 0.6) is 5.75 Å². The normalized spacial score (nSPS) is 16.9. The van der Waals surface area contributed by atoms with Crippen molar-refractivity contribution in [2.45, 2.75) is 12.8 Å². The Balaban J connectivity index is 2.32. The maximum Gasteiger partial charge on any atom is 0.343 e. The van der Waals surface area contributed by atoms with Crippen LogP contribution in [0.15, 0.2) is 51.3 Å². The maximum absolute atomic E-state index is 12.2. The van der Waals surface area contributed by atoms with E-state index in [1.165, 1.54) is 0 Å². The molecule has 1 aliphatic rings. The van der Waals surface area contributed by atoms with E-state index in [9.17, 15) is 10.1 Å². The van der Waals surface area contributed by atoms with Crippen LogP contribution in [-0.2, 0) is 0 Å². The second-order valence-corrected chi connectivity index (χ2v) is 4.63. The zero-order valence-corrected chi connectivity index (χ0v) is 11.2. The Labute approximate surface area is 120 Å². The van der Waals surface area contributed by atoms with E-state index in [4.69, 9.17) is 14.9 Å². The summed E-state index contributed by atoms with van der Waals surface area (Å²) in [7, 11) is 0. The summed E-state index contributed by atoms with van der Waals surface area (Å²) in [5.41, 5.74) is 6.39. The number of rotatable bonds is 1. The van der Waals surface area contributed by atoms with Crippen molar-refractivity contribution in [1.29, 1.82) is 5.26 Å². The van der Waals surface area contributed by atoms with Crippen LogP contribution in [0.4, 0.5) is 0 Å². The van der Waals surface area contributed by atoms with Gasteiger partial charge in [-0.25, -0.2) is 4.79 Å². The average molecular weight is 281 g/mol. The van der Waals surface area contributed by atoms with Gasteiger partial charge < -0.3 is 14.9 Å². The van der Waals surface area contributed by atoms with Gasteiger partial charge in [-0.2, -0.15) is 5.26 Å². The van der Waals surface area contributed by atoms with E-state index in [0.29, 0.717) is 17.1 Å². The summed E-state index contributed by atoms with van der Waals surface area (Å²) < 4.78 is 10.5. The van der Waals surface area contributed by atoms with Gasteiger partial charge in [0.2, 0.25) is 5.88 Å². The lowest BCUT2D eigenvalue weighted by molar-refractivity contribution is 0.371. The molecule has 1 aliphatic heterocycles. The van der Waals surface area contributed by atoms with E-state index in [0.717, 1.165) is 0 Å². The second kappa shape index (κ2) is 4.80. The number of nitrogens with two attached hydrogens (primary N) is 1. The third-order valence-electron chi connectivity index (χ3n) is 3.27. The van der Waals surface area contributed by atoms with Gasteiger partial charge in [0.05, 0.1) is 11.5 Å². The molecule has 6 heteroatoms. The predicted octanol–water partition coefficient (Wildman–Crippen LogP) is 1.56. The fourth-order valence-electron chi connectivity index (χ4n) is 2.40. The molecule has 104 valence electrons. The molecule has 0 radical (unpaired) electrons. The minimum absolute atomic E-state index is 0.0103. The van der Waals surface area contributed by atoms with Crippen LogP contribution in [0.1, 0.15) is 22.8 Å². The third-order valence-corrected chi connectivity index (χ3v) is 3.27. The molecule has 0 saturated heterocycles. The Morgan fingerprint density at radius 3 is 2.95 bits per heavy atom. The van der Waals surface area contributed by atoms with Crippen LogP contribution in [0.3, 0.4) is 0 Å². The highest BCUT2D eigenvalue weighted by molar-refractivity contribution is 5.54. The summed E-state index contributed by atoms with van der Waals surface area (Å²) in [6.07, 6.45) is 3.20. The van der Waals surface area contributed by atoms with Crippen molar-refractivity contribution < 1.29 is 9.15 Å². The molecule has 0 aliphatic carbocycles. The highest BCUT2D eigenvalue weighted by Gasteiger charge is 2.34. The largest absolute Gasteiger partial charge is 0.440 e. The number of hydrogen-bond donors (Lipinski definition) is 1. The molecule has 21 heavy (non-hydrogen) atoms. The fourth-order valence-corrected chi connectivity index (χ4v) is 2.40. The lowest BCUT2D eigenvalue weighted by Gasteiger charge is -2.24. The van der Waals surface area contributed by atoms with E-state index in [-0.39, 0.29) is 17.0 Å². The quantitative estimate of drug-likeness (QED) is 0.851. The highest BCUT2D eigenvalue weighted by Crippen LogP contribution is 2.39. The van der Waals surface area contributed by atoms with Gasteiger partial charge in [0, 0.05) is 18.5 Å². The number of nitriles is 1. The number of allylic oxidation sites excluding steroid dienone is 1. The summed E-state index contributed by atoms with van der Waals surface area (Å²) in [5, 5.41) is 9.34. The first kappa shape index (κ1) is 12.9. The lowest BCUT2D eigenvalue weighted by atomic mass is 9.85. The van der Waals surface area contributed by atoms with Crippen molar-refractivity contribution in [3.05, 3.63) is 69.4 Å². The number of hydrogen-bond acceptors (Lipinski definition) is 6. The van der Waals surface area contributed by atoms with Crippen LogP contribution in [0.25, 0.3) is 0 Å². The van der Waals surface area contributed by atoms with Crippen molar-refractivity contribution in [3.63, 3.8) is 0 Å². The van der Waals surface area contributed by atoms with Crippen LogP contribution < -0.4 is 16.1 Å². The van der Waals surface area contributed by atoms with Gasteiger partial charge in [0.25, 0.3) is 0 Å². The minimum Gasteiger partial charge on any atom is -0.440 e. The Morgan fingerprint density at radius 2 is 2.29 bits per heavy atom. The Bertz CT molecular complexity index is 831. The molecule has 1 atom stereocenters. The van der Waals surface area contributed by atoms with Gasteiger partial charge in [0.1, 0.15) is 23.2 Å². The van der Waals surface area contributed by atoms with Crippen molar-refractivity contribution in [3.8, 4) is 11.8 Å². The van der Waals surface area contributed by atoms with E-state index in [1.54, 1.807) is 37.5 Å². The van der Waals surface area contributed by atoms with Gasteiger partial charge in [-0.1, -0.05) is 6.07 Å². The SMILES string of the molecule is Cc1cc2c(c(=O)o1)[C@H](c1cccnc1)C(C#N)=C(N)O2. The molecule has 6 nitrogen and oxygen atoms in total. The van der Waals surface area contributed by atoms with Crippen LogP contribution in [-0.4, -0.2) is 4.98 Å². The van der Waals surface area contributed by atoms with Gasteiger partial charge in [-0.15, -0.1) is 0 Å². The number of aromatic nitrogens is 1. The lowest BCUT2D eigenvalue weighted by Crippen LogP contribution is -2.26. The molecule has 3 heterocycles. The predicted molar refractivity (Wildman–Crippen MR) is 73.2 cm³/mol. The number of nitrogens with zero attached hydrogens (tertiary/aromatic N) is 2. The monoisotopic (exact) mass is 281 g/mol. The first-order chi connectivity index (χ1) is 10.1. The van der Waals surface area contributed by atoms with Crippen LogP contribution >= 0.6 is 0 Å². The third kappa shape index (κ3) is 2.05. The molecular formula is C15H11N3O3. The summed E-state index contributed by atoms with van der Waals surface area (Å²) in [6.45, 7) is 1.64. The standard InChI is InChI=1S/C15H11N3O3/c1-8-5-11-13(15(19)20-8)12(9-3-2-4-18-7-9)10(6-16)14(17)21-11/h2-5,7,12H,17H2,1H3/t12-/m1/s1. The number of ether oxygens (including phenoxy) is 1. The average Bonchev–Trinajstić information content (AvgIpc) is 2.46. The van der Waals surface area contributed by atoms with Crippen LogP contribution in [0, 0.1) is 18.3 Å². The molecule has 0 saturated carbocycles. The number of aryl methyl sites for hydroxylation is 1. The molecule has 2 aromatic rings. The van der Waals surface area contributed by atoms with Gasteiger partial charge in [-0.05, 0) is 18.6 Å². The molecule has 0 aromatic carbocycles. The van der Waals surface area contributed by atoms with Crippen molar-refractivity contribution in [1.82, 2.24) is 4.98 Å². The highest BCUT2D eigenvalue weighted by atomic mass is 16.5. The smallest absolute Gasteiger partial charge is 0.343 e. The molecule has 2 N–H and O–H groups in total. The maximum atomic E-state index is 12.2. The molecule has 0 bridgehead atoms. The molecule has 3 rings (SSSR count). The first-order valence-electron chi connectivity index (χ1n) is 6.24. The van der Waals surface area contributed by atoms with Gasteiger partial charge in [0.15, 0.2) is 0 Å². The zero-order chi connectivity index (χ0) is 15.0. The Hall–Kier alpha value is -3.07. The Kier molecular flexibility index (Phi) is 2.95. The summed E-state index contributed by atoms with van der Waals surface area (Å²) >= 11 is 0. The number of pyridine rings is 1. The van der Waals surface area contributed by atoms with E-state index < -0.39 is 11.5 Å². The van der Waals surface area contributed by atoms with Crippen molar-refractivity contribution in [2.24, 2.45) is 5.73 Å². The molecular weight excluding hydrogens is 270 g/mol. The molecule has 0 fully saturated rings. The zero-order valence-electron chi connectivity index (χ0n) is 11.2. The molecule has 0 unspecified atom stereocenters. The summed E-state index contributed by atoms with van der Waals surface area (Å²) in [6, 6.07) is 7.09. The molecule has 0 spiro atoms. The summed E-state index contributed by atoms with van der Waals surface area (Å²) in [4.78, 5) is 16.2. The summed E-state index contributed by atoms with van der Waals surface area (Å²) in [5.74, 6) is 0.0825.